The van der Waals surface area contributed by atoms with Gasteiger partial charge in [0.25, 0.3) is 0 Å². The molecular formula is C13H11N3O2. The SMILES string of the molecule is COc1ccccc1-c1nc2ccc(N)nc2o1. The van der Waals surface area contributed by atoms with E-state index in [0.29, 0.717) is 28.7 Å². The molecule has 0 unspecified atom stereocenters. The van der Waals surface area contributed by atoms with Crippen molar-refractivity contribution in [3.63, 3.8) is 0 Å². The number of fused-ring (bicyclic) bond motifs is 1. The third kappa shape index (κ3) is 1.66. The van der Waals surface area contributed by atoms with Gasteiger partial charge in [-0.1, -0.05) is 12.1 Å². The summed E-state index contributed by atoms with van der Waals surface area (Å²) in [6.45, 7) is 0. The number of anilines is 1. The Hall–Kier alpha value is -2.56. The number of para-hydroxylation sites is 1. The number of pyridine rings is 1. The van der Waals surface area contributed by atoms with E-state index in [0.717, 1.165) is 5.56 Å². The van der Waals surface area contributed by atoms with Crippen molar-refractivity contribution in [2.45, 2.75) is 0 Å². The molecule has 5 heteroatoms. The summed E-state index contributed by atoms with van der Waals surface area (Å²) < 4.78 is 10.9. The lowest BCUT2D eigenvalue weighted by atomic mass is 10.2. The second-order valence-corrected chi connectivity index (χ2v) is 3.78. The van der Waals surface area contributed by atoms with Crippen LogP contribution in [-0.4, -0.2) is 17.1 Å². The molecule has 0 spiro atoms. The predicted octanol–water partition coefficient (Wildman–Crippen LogP) is 2.48. The van der Waals surface area contributed by atoms with Crippen molar-refractivity contribution in [1.29, 1.82) is 0 Å². The Kier molecular flexibility index (Phi) is 2.37. The van der Waals surface area contributed by atoms with Gasteiger partial charge in [-0.15, -0.1) is 0 Å². The first kappa shape index (κ1) is 10.6. The summed E-state index contributed by atoms with van der Waals surface area (Å²) in [7, 11) is 1.61. The minimum atomic E-state index is 0.408. The monoisotopic (exact) mass is 241 g/mol. The summed E-state index contributed by atoms with van der Waals surface area (Å²) in [4.78, 5) is 8.45. The number of hydrogen-bond acceptors (Lipinski definition) is 5. The zero-order valence-electron chi connectivity index (χ0n) is 9.75. The molecule has 0 radical (unpaired) electrons. The van der Waals surface area contributed by atoms with E-state index in [1.165, 1.54) is 0 Å². The molecule has 0 aliphatic carbocycles. The maximum atomic E-state index is 5.60. The van der Waals surface area contributed by atoms with Crippen LogP contribution in [-0.2, 0) is 0 Å². The molecule has 1 aromatic carbocycles. The molecule has 0 saturated carbocycles. The van der Waals surface area contributed by atoms with Crippen LogP contribution in [0.3, 0.4) is 0 Å². The largest absolute Gasteiger partial charge is 0.496 e. The Balaban J connectivity index is 2.19. The number of nitrogen functional groups attached to an aromatic ring is 1. The Labute approximate surface area is 103 Å². The van der Waals surface area contributed by atoms with Crippen molar-refractivity contribution in [2.24, 2.45) is 0 Å². The highest BCUT2D eigenvalue weighted by Crippen LogP contribution is 2.30. The number of aromatic nitrogens is 2. The van der Waals surface area contributed by atoms with Gasteiger partial charge in [-0.3, -0.25) is 0 Å². The van der Waals surface area contributed by atoms with E-state index >= 15 is 0 Å². The van der Waals surface area contributed by atoms with E-state index in [1.807, 2.05) is 24.3 Å². The van der Waals surface area contributed by atoms with Gasteiger partial charge in [0.05, 0.1) is 12.7 Å². The highest BCUT2D eigenvalue weighted by molar-refractivity contribution is 5.75. The van der Waals surface area contributed by atoms with Crippen molar-refractivity contribution in [3.05, 3.63) is 36.4 Å². The van der Waals surface area contributed by atoms with Crippen LogP contribution in [0.15, 0.2) is 40.8 Å². The number of nitrogens with zero attached hydrogens (tertiary/aromatic N) is 2. The first-order valence-electron chi connectivity index (χ1n) is 5.44. The number of ether oxygens (including phenoxy) is 1. The van der Waals surface area contributed by atoms with Gasteiger partial charge in [-0.25, -0.2) is 4.98 Å². The Morgan fingerprint density at radius 1 is 1.11 bits per heavy atom. The zero-order valence-corrected chi connectivity index (χ0v) is 9.75. The van der Waals surface area contributed by atoms with Crippen molar-refractivity contribution in [3.8, 4) is 17.2 Å². The van der Waals surface area contributed by atoms with Gasteiger partial charge in [0.1, 0.15) is 17.1 Å². The van der Waals surface area contributed by atoms with Crippen molar-refractivity contribution in [2.75, 3.05) is 12.8 Å². The molecule has 0 saturated heterocycles. The quantitative estimate of drug-likeness (QED) is 0.746. The second kappa shape index (κ2) is 4.03. The standard InChI is InChI=1S/C13H11N3O2/c1-17-10-5-3-2-4-8(10)12-15-9-6-7-11(14)16-13(9)18-12/h2-7H,1H3,(H2,14,16). The van der Waals surface area contributed by atoms with E-state index in [-0.39, 0.29) is 0 Å². The molecule has 3 rings (SSSR count). The van der Waals surface area contributed by atoms with Gasteiger partial charge >= 0.3 is 0 Å². The van der Waals surface area contributed by atoms with Crippen LogP contribution in [0.5, 0.6) is 5.75 Å². The maximum absolute atomic E-state index is 5.60. The number of methoxy groups -OCH3 is 1. The van der Waals surface area contributed by atoms with Gasteiger partial charge in [0.15, 0.2) is 0 Å². The molecule has 0 atom stereocenters. The lowest BCUT2D eigenvalue weighted by Gasteiger charge is -2.03. The van der Waals surface area contributed by atoms with Gasteiger partial charge < -0.3 is 14.9 Å². The highest BCUT2D eigenvalue weighted by Gasteiger charge is 2.13. The van der Waals surface area contributed by atoms with Crippen LogP contribution in [0, 0.1) is 0 Å². The maximum Gasteiger partial charge on any atom is 0.249 e. The fraction of sp³-hybridized carbons (Fsp3) is 0.0769. The first-order chi connectivity index (χ1) is 8.78. The highest BCUT2D eigenvalue weighted by atomic mass is 16.5. The van der Waals surface area contributed by atoms with Crippen LogP contribution in [0.4, 0.5) is 5.82 Å². The minimum Gasteiger partial charge on any atom is -0.496 e. The molecule has 0 aliphatic heterocycles. The van der Waals surface area contributed by atoms with E-state index in [4.69, 9.17) is 14.9 Å². The lowest BCUT2D eigenvalue weighted by Crippen LogP contribution is -1.87. The molecule has 0 fully saturated rings. The normalized spacial score (nSPS) is 10.7. The number of nitrogens with two attached hydrogens (primary N) is 1. The molecule has 2 N–H and O–H groups in total. The van der Waals surface area contributed by atoms with E-state index < -0.39 is 0 Å². The predicted molar refractivity (Wildman–Crippen MR) is 68.2 cm³/mol. The molecule has 2 aromatic heterocycles. The fourth-order valence-corrected chi connectivity index (χ4v) is 1.77. The van der Waals surface area contributed by atoms with Crippen LogP contribution >= 0.6 is 0 Å². The third-order valence-electron chi connectivity index (χ3n) is 2.61. The van der Waals surface area contributed by atoms with E-state index in [1.54, 1.807) is 19.2 Å². The summed E-state index contributed by atoms with van der Waals surface area (Å²) in [5.74, 6) is 1.59. The zero-order chi connectivity index (χ0) is 12.5. The van der Waals surface area contributed by atoms with Crippen LogP contribution in [0.2, 0.25) is 0 Å². The molecule has 0 bridgehead atoms. The molecular weight excluding hydrogens is 230 g/mol. The summed E-state index contributed by atoms with van der Waals surface area (Å²) in [5.41, 5.74) is 7.49. The molecule has 5 nitrogen and oxygen atoms in total. The van der Waals surface area contributed by atoms with E-state index in [9.17, 15) is 0 Å². The average molecular weight is 241 g/mol. The smallest absolute Gasteiger partial charge is 0.249 e. The van der Waals surface area contributed by atoms with Gasteiger partial charge in [0.2, 0.25) is 11.6 Å². The topological polar surface area (TPSA) is 74.2 Å². The van der Waals surface area contributed by atoms with Crippen molar-refractivity contribution in [1.82, 2.24) is 9.97 Å². The fourth-order valence-electron chi connectivity index (χ4n) is 1.77. The van der Waals surface area contributed by atoms with Crippen molar-refractivity contribution < 1.29 is 9.15 Å². The summed E-state index contributed by atoms with van der Waals surface area (Å²) in [5, 5.41) is 0. The number of hydrogen-bond donors (Lipinski definition) is 1. The number of benzene rings is 1. The third-order valence-corrected chi connectivity index (χ3v) is 2.61. The molecule has 18 heavy (non-hydrogen) atoms. The summed E-state index contributed by atoms with van der Waals surface area (Å²) in [6.07, 6.45) is 0. The van der Waals surface area contributed by atoms with E-state index in [2.05, 4.69) is 9.97 Å². The Morgan fingerprint density at radius 2 is 1.94 bits per heavy atom. The lowest BCUT2D eigenvalue weighted by molar-refractivity contribution is 0.414. The van der Waals surface area contributed by atoms with Gasteiger partial charge in [-0.2, -0.15) is 4.98 Å². The second-order valence-electron chi connectivity index (χ2n) is 3.78. The molecule has 2 heterocycles. The molecule has 3 aromatic rings. The molecule has 0 aliphatic rings. The molecule has 0 amide bonds. The van der Waals surface area contributed by atoms with Gasteiger partial charge in [0, 0.05) is 0 Å². The average Bonchev–Trinajstić information content (AvgIpc) is 2.81. The number of rotatable bonds is 2. The van der Waals surface area contributed by atoms with Gasteiger partial charge in [-0.05, 0) is 24.3 Å². The van der Waals surface area contributed by atoms with Crippen LogP contribution in [0.1, 0.15) is 0 Å². The Bertz CT molecular complexity index is 706. The molecule has 90 valence electrons. The van der Waals surface area contributed by atoms with Crippen molar-refractivity contribution >= 4 is 17.0 Å². The Morgan fingerprint density at radius 3 is 2.78 bits per heavy atom. The van der Waals surface area contributed by atoms with Crippen LogP contribution in [0.25, 0.3) is 22.7 Å². The summed E-state index contributed by atoms with van der Waals surface area (Å²) >= 11 is 0. The van der Waals surface area contributed by atoms with Crippen LogP contribution < -0.4 is 10.5 Å². The number of oxazole rings is 1. The summed E-state index contributed by atoms with van der Waals surface area (Å²) in [6, 6.07) is 11.0. The first-order valence-corrected chi connectivity index (χ1v) is 5.44. The minimum absolute atomic E-state index is 0.408.